The van der Waals surface area contributed by atoms with Crippen molar-refractivity contribution < 1.29 is 31.5 Å². The molecule has 0 fully saturated rings. The van der Waals surface area contributed by atoms with Crippen molar-refractivity contribution in [3.63, 3.8) is 0 Å². The molecule has 1 N–H and O–H groups in total. The van der Waals surface area contributed by atoms with Crippen molar-refractivity contribution >= 4 is 15.6 Å². The Bertz CT molecular complexity index is 232. The molecule has 0 saturated heterocycles. The molecule has 9 heteroatoms. The van der Waals surface area contributed by atoms with E-state index in [1.807, 2.05) is 0 Å². The number of halogens is 2. The molecule has 0 spiro atoms. The van der Waals surface area contributed by atoms with Crippen molar-refractivity contribution in [2.45, 2.75) is 20.0 Å². The van der Waals surface area contributed by atoms with Crippen molar-refractivity contribution in [3.8, 4) is 0 Å². The van der Waals surface area contributed by atoms with Crippen LogP contribution >= 0.6 is 15.6 Å². The van der Waals surface area contributed by atoms with E-state index in [2.05, 4.69) is 9.05 Å². The highest BCUT2D eigenvalue weighted by atomic mass is 31.2. The van der Waals surface area contributed by atoms with E-state index in [0.717, 1.165) is 13.8 Å². The average molecular weight is 254 g/mol. The SMILES string of the molecule is CC(C)OP(C)(=O)F.COP(=O)(O)F. The summed E-state index contributed by atoms with van der Waals surface area (Å²) in [4.78, 5) is 7.49. The van der Waals surface area contributed by atoms with E-state index in [9.17, 15) is 17.5 Å². The van der Waals surface area contributed by atoms with Gasteiger partial charge in [0, 0.05) is 13.8 Å². The summed E-state index contributed by atoms with van der Waals surface area (Å²) in [7, 11) is -7.55. The molecule has 0 aliphatic heterocycles. The fourth-order valence-electron chi connectivity index (χ4n) is 0.377. The summed E-state index contributed by atoms with van der Waals surface area (Å²) < 4.78 is 50.1. The van der Waals surface area contributed by atoms with Crippen molar-refractivity contribution in [1.29, 1.82) is 0 Å². The molecule has 14 heavy (non-hydrogen) atoms. The van der Waals surface area contributed by atoms with Gasteiger partial charge >= 0.3 is 15.6 Å². The maximum atomic E-state index is 12.0. The molecule has 0 aromatic carbocycles. The molecule has 0 saturated carbocycles. The van der Waals surface area contributed by atoms with Crippen molar-refractivity contribution in [2.24, 2.45) is 0 Å². The largest absolute Gasteiger partial charge is 0.510 e. The van der Waals surface area contributed by atoms with Crippen LogP contribution in [0.4, 0.5) is 8.39 Å². The Hall–Kier alpha value is 0.200. The Balaban J connectivity index is 0. The summed E-state index contributed by atoms with van der Waals surface area (Å²) in [6, 6.07) is 0. The molecule has 0 aromatic rings. The van der Waals surface area contributed by atoms with Crippen LogP contribution < -0.4 is 0 Å². The summed E-state index contributed by atoms with van der Waals surface area (Å²) in [6.07, 6.45) is -0.296. The van der Waals surface area contributed by atoms with Crippen LogP contribution in [0.3, 0.4) is 0 Å². The first-order chi connectivity index (χ1) is 5.98. The summed E-state index contributed by atoms with van der Waals surface area (Å²) in [5.41, 5.74) is 0. The highest BCUT2D eigenvalue weighted by Gasteiger charge is 2.14. The molecule has 0 aliphatic rings. The fraction of sp³-hybridized carbons (Fsp3) is 1.00. The number of hydrogen-bond acceptors (Lipinski definition) is 4. The molecule has 0 aliphatic carbocycles. The molecule has 0 heterocycles. The lowest BCUT2D eigenvalue weighted by atomic mass is 10.5. The standard InChI is InChI=1S/C4H10FO2P.CH4FO3P/c1-4(2)7-8(3,5)6;1-5-6(2,3)4/h4H,1-3H3;1H3,(H,3,4). The Morgan fingerprint density at radius 1 is 1.29 bits per heavy atom. The average Bonchev–Trinajstić information content (AvgIpc) is 1.81. The first-order valence-corrected chi connectivity index (χ1v) is 6.95. The van der Waals surface area contributed by atoms with Crippen LogP contribution in [-0.2, 0) is 18.2 Å². The Labute approximate surface area is 81.6 Å². The van der Waals surface area contributed by atoms with Gasteiger partial charge in [-0.3, -0.25) is 14.0 Å². The van der Waals surface area contributed by atoms with Crippen LogP contribution in [0.2, 0.25) is 0 Å². The molecule has 88 valence electrons. The normalized spacial score (nSPS) is 19.1. The predicted octanol–water partition coefficient (Wildman–Crippen LogP) is 2.91. The van der Waals surface area contributed by atoms with Crippen LogP contribution in [0, 0.1) is 0 Å². The number of hydrogen-bond donors (Lipinski definition) is 1. The minimum atomic E-state index is -4.65. The van der Waals surface area contributed by atoms with Gasteiger partial charge in [-0.1, -0.05) is 0 Å². The van der Waals surface area contributed by atoms with Crippen molar-refractivity contribution in [2.75, 3.05) is 13.8 Å². The predicted molar refractivity (Wildman–Crippen MR) is 48.8 cm³/mol. The minimum absolute atomic E-state index is 0.296. The Kier molecular flexibility index (Phi) is 7.89. The zero-order chi connectivity index (χ0) is 12.0. The highest BCUT2D eigenvalue weighted by Crippen LogP contribution is 2.45. The fourth-order valence-corrected chi connectivity index (χ4v) is 1.13. The van der Waals surface area contributed by atoms with Crippen LogP contribution in [0.1, 0.15) is 13.8 Å². The monoisotopic (exact) mass is 254 g/mol. The third-order valence-electron chi connectivity index (χ3n) is 0.624. The Morgan fingerprint density at radius 2 is 1.57 bits per heavy atom. The van der Waals surface area contributed by atoms with Gasteiger partial charge in [0.2, 0.25) is 0 Å². The molecule has 2 unspecified atom stereocenters. The van der Waals surface area contributed by atoms with Gasteiger partial charge in [0.25, 0.3) is 0 Å². The maximum absolute atomic E-state index is 12.0. The maximum Gasteiger partial charge on any atom is 0.510 e. The molecule has 0 bridgehead atoms. The van der Waals surface area contributed by atoms with Gasteiger partial charge < -0.3 is 4.52 Å². The van der Waals surface area contributed by atoms with Gasteiger partial charge in [-0.25, -0.2) is 4.57 Å². The van der Waals surface area contributed by atoms with E-state index >= 15 is 0 Å². The lowest BCUT2D eigenvalue weighted by Crippen LogP contribution is -1.96. The lowest BCUT2D eigenvalue weighted by molar-refractivity contribution is 0.227. The molecule has 0 radical (unpaired) electrons. The topological polar surface area (TPSA) is 72.8 Å². The zero-order valence-electron chi connectivity index (χ0n) is 8.31. The minimum Gasteiger partial charge on any atom is -0.303 e. The molecule has 0 aromatic heterocycles. The van der Waals surface area contributed by atoms with Crippen molar-refractivity contribution in [1.82, 2.24) is 0 Å². The first kappa shape index (κ1) is 16.6. The second kappa shape index (κ2) is 6.64. The zero-order valence-corrected chi connectivity index (χ0v) is 10.1. The van der Waals surface area contributed by atoms with E-state index < -0.39 is 15.6 Å². The van der Waals surface area contributed by atoms with Crippen molar-refractivity contribution in [3.05, 3.63) is 0 Å². The molecule has 2 atom stereocenters. The second-order valence-electron chi connectivity index (χ2n) is 2.53. The Morgan fingerprint density at radius 3 is 1.57 bits per heavy atom. The summed E-state index contributed by atoms with van der Waals surface area (Å²) in [5, 5.41) is 0. The quantitative estimate of drug-likeness (QED) is 0.784. The first-order valence-electron chi connectivity index (χ1n) is 3.51. The van der Waals surface area contributed by atoms with Gasteiger partial charge in [-0.05, 0) is 13.8 Å². The van der Waals surface area contributed by atoms with Crippen LogP contribution in [0.5, 0.6) is 0 Å². The van der Waals surface area contributed by atoms with Gasteiger partial charge in [-0.2, -0.15) is 4.20 Å². The summed E-state index contributed by atoms with van der Waals surface area (Å²) in [6.45, 7) is 4.22. The van der Waals surface area contributed by atoms with Gasteiger partial charge in [0.1, 0.15) is 0 Å². The van der Waals surface area contributed by atoms with Gasteiger partial charge in [0.15, 0.2) is 0 Å². The van der Waals surface area contributed by atoms with E-state index in [0.29, 0.717) is 0 Å². The van der Waals surface area contributed by atoms with E-state index in [4.69, 9.17) is 4.89 Å². The summed E-state index contributed by atoms with van der Waals surface area (Å²) in [5.74, 6) is 0. The lowest BCUT2D eigenvalue weighted by Gasteiger charge is -2.06. The van der Waals surface area contributed by atoms with Gasteiger partial charge in [0.05, 0.1) is 6.10 Å². The third kappa shape index (κ3) is 22.8. The molecule has 0 rings (SSSR count). The van der Waals surface area contributed by atoms with E-state index in [1.165, 1.54) is 0 Å². The molecule has 5 nitrogen and oxygen atoms in total. The second-order valence-corrected chi connectivity index (χ2v) is 5.51. The van der Waals surface area contributed by atoms with Crippen LogP contribution in [0.15, 0.2) is 0 Å². The van der Waals surface area contributed by atoms with Crippen LogP contribution in [-0.4, -0.2) is 24.8 Å². The smallest absolute Gasteiger partial charge is 0.303 e. The highest BCUT2D eigenvalue weighted by molar-refractivity contribution is 7.52. The molecular weight excluding hydrogens is 240 g/mol. The van der Waals surface area contributed by atoms with E-state index in [-0.39, 0.29) is 6.10 Å². The van der Waals surface area contributed by atoms with E-state index in [1.54, 1.807) is 13.8 Å². The summed E-state index contributed by atoms with van der Waals surface area (Å²) >= 11 is 0. The van der Waals surface area contributed by atoms with Gasteiger partial charge in [-0.15, -0.1) is 4.20 Å². The third-order valence-corrected chi connectivity index (χ3v) is 1.87. The molecular formula is C5H14F2O5P2. The molecule has 0 amide bonds. The van der Waals surface area contributed by atoms with Crippen LogP contribution in [0.25, 0.3) is 0 Å². The number of rotatable bonds is 3.